The van der Waals surface area contributed by atoms with E-state index in [2.05, 4.69) is 52.9 Å². The van der Waals surface area contributed by atoms with Crippen molar-refractivity contribution in [2.24, 2.45) is 11.7 Å². The fourth-order valence-corrected chi connectivity index (χ4v) is 16.4. The third kappa shape index (κ3) is 20.6. The van der Waals surface area contributed by atoms with Crippen molar-refractivity contribution in [3.05, 3.63) is 146 Å². The number of piperazine rings is 1. The number of aliphatic hydroxyl groups is 6. The normalized spacial score (nSPS) is 27.2. The second kappa shape index (κ2) is 39.2. The van der Waals surface area contributed by atoms with Crippen LogP contribution in [0.2, 0.25) is 10.0 Å². The van der Waals surface area contributed by atoms with Crippen molar-refractivity contribution in [1.82, 2.24) is 57.9 Å². The number of primary amides is 1. The molecular formula is C84H102Cl2N12O26. The SMILES string of the molecule is CCCOc1c(C)cc(C(=O)NN2CCN(CCN[C@@]3(C)C[C@H](O[C@H]4[C@H](Oc5c6cc7cc5Oc5ccc(cc5Cl)[C@@H](O)[C@@H](NC(=O)[C@@H](CC(C)C)NC)C(=O)NC(CC(N)=O)C(=O)NC7C(=O)N[C@H]5C(=O)N[C@H](C(=O)N[C@@H](C(=O)O)c7cc(O)cc(O)c7-c7cc5ccc7O)[C@H](O)c5ccc(c(Cl)c5)O6)O[C@H](CO)[C@@H](O)[C@@H]4O)O[C@@H](C)[C@H]3O)CC2)cc1C. The molecule has 3 saturated heterocycles. The fraction of sp³-hybridized carbons (Fsp3) is 0.464. The molecule has 8 amide bonds. The molecule has 2 unspecified atom stereocenters. The summed E-state index contributed by atoms with van der Waals surface area (Å²) in [5, 5.41) is 139. The Kier molecular flexibility index (Phi) is 29.2. The zero-order valence-electron chi connectivity index (χ0n) is 68.8. The number of benzene rings is 6. The number of carbonyl (C=O) groups is 9. The second-order valence-corrected chi connectivity index (χ2v) is 32.9. The zero-order chi connectivity index (χ0) is 89.8. The minimum absolute atomic E-state index is 0.112. The number of hydrogen-bond acceptors (Lipinski definition) is 29. The molecule has 0 aliphatic carbocycles. The van der Waals surface area contributed by atoms with Crippen molar-refractivity contribution in [2.45, 2.75) is 183 Å². The number of ether oxygens (including phenoxy) is 7. The Bertz CT molecular complexity index is 5020. The average Bonchev–Trinajstić information content (AvgIpc) is 0.764. The summed E-state index contributed by atoms with van der Waals surface area (Å²) in [6.45, 7) is 15.1. The minimum Gasteiger partial charge on any atom is -0.508 e. The lowest BCUT2D eigenvalue weighted by Gasteiger charge is -2.48. The lowest BCUT2D eigenvalue weighted by molar-refractivity contribution is -0.334. The van der Waals surface area contributed by atoms with Crippen molar-refractivity contribution in [3.8, 4) is 62.9 Å². The molecule has 668 valence electrons. The first-order chi connectivity index (χ1) is 58.8. The van der Waals surface area contributed by atoms with Gasteiger partial charge in [0.1, 0.15) is 95.2 Å². The maximum absolute atomic E-state index is 16.3. The van der Waals surface area contributed by atoms with Crippen molar-refractivity contribution in [2.75, 3.05) is 59.5 Å². The number of fused-ring (bicyclic) bond motifs is 15. The summed E-state index contributed by atoms with van der Waals surface area (Å²) in [7, 11) is 1.48. The Morgan fingerprint density at radius 3 is 1.93 bits per heavy atom. The van der Waals surface area contributed by atoms with Crippen molar-refractivity contribution in [1.29, 1.82) is 0 Å². The molecule has 21 N–H and O–H groups in total. The number of nitrogens with one attached hydrogen (secondary N) is 9. The Balaban J connectivity index is 0.962. The van der Waals surface area contributed by atoms with Crippen LogP contribution >= 0.6 is 23.2 Å². The van der Waals surface area contributed by atoms with Gasteiger partial charge in [0.2, 0.25) is 53.4 Å². The first-order valence-electron chi connectivity index (χ1n) is 40.3. The molecule has 18 atom stereocenters. The molecule has 6 aromatic carbocycles. The molecule has 6 aromatic rings. The first kappa shape index (κ1) is 92.4. The highest BCUT2D eigenvalue weighted by atomic mass is 35.5. The van der Waals surface area contributed by atoms with Crippen molar-refractivity contribution in [3.63, 3.8) is 0 Å². The van der Waals surface area contributed by atoms with E-state index in [1.807, 2.05) is 39.6 Å². The number of amides is 8. The lowest BCUT2D eigenvalue weighted by Crippen LogP contribution is -2.66. The molecule has 0 spiro atoms. The standard InChI is InChI=1S/C84H102Cl2N12O26/c1-9-22-118-71-37(4)24-44(25-38(71)5)75(109)96-98-20-18-97(19-21-98)17-16-89-84(7)34-60(119-39(6)74(84)108)123-73-70(107)69(106)58(35-99)122-83(73)124-72-56-29-43-30-57(72)121-55-15-12-42(28-49(55)86)68(105)66-81(115)93-64(82(116)117)47-31-45(100)32-53(102)61(47)46-26-40(10-13-52(46)101)62(78(112)95-66)92-79(113)63(43)91-77(111)51(33-59(87)103)90-80(114)65(94-76(110)50(88-8)23-36(2)3)67(104)41-11-14-54(120-56)48(85)27-41/h10-15,24-32,36,39,50-51,58,60,62-70,73-74,83,88-89,99-102,104-108H,9,16-23,33-35H2,1-8H3,(H2,87,103)(H,90,114)(H,91,111)(H,92,113)(H,93,115)(H,94,110)(H,95,112)(H,96,109)(H,116,117)/t39-,50+,51?,58+,60-,62+,63?,64+,65+,66-,67+,68+,69+,70-,73+,74+,83-,84-/m0/s1. The Morgan fingerprint density at radius 2 is 1.32 bits per heavy atom. The van der Waals surface area contributed by atoms with Gasteiger partial charge in [-0.3, -0.25) is 48.7 Å². The van der Waals surface area contributed by atoms with Crippen molar-refractivity contribution < 1.29 is 127 Å². The summed E-state index contributed by atoms with van der Waals surface area (Å²) in [5.74, 6) is -15.6. The number of hydrogen-bond donors (Lipinski definition) is 20. The monoisotopic (exact) mass is 1760 g/mol. The summed E-state index contributed by atoms with van der Waals surface area (Å²) >= 11 is 14.3. The Labute approximate surface area is 721 Å². The van der Waals surface area contributed by atoms with Crippen LogP contribution in [0.25, 0.3) is 11.1 Å². The molecule has 38 nitrogen and oxygen atoms in total. The van der Waals surface area contributed by atoms with E-state index in [0.29, 0.717) is 51.4 Å². The number of aliphatic hydroxyl groups excluding tert-OH is 6. The van der Waals surface area contributed by atoms with E-state index < -0.39 is 237 Å². The highest BCUT2D eigenvalue weighted by Crippen LogP contribution is 2.50. The number of carboxylic acids is 1. The predicted octanol–water partition coefficient (Wildman–Crippen LogP) is 2.11. The fourth-order valence-electron chi connectivity index (χ4n) is 15.9. The van der Waals surface area contributed by atoms with E-state index in [9.17, 15) is 79.8 Å². The van der Waals surface area contributed by atoms with Gasteiger partial charge in [-0.05, 0) is 154 Å². The maximum atomic E-state index is 16.3. The van der Waals surface area contributed by atoms with Gasteiger partial charge in [-0.2, -0.15) is 0 Å². The second-order valence-electron chi connectivity index (χ2n) is 32.1. The number of carboxylic acid groups (broad SMARTS) is 1. The molecular weight excluding hydrogens is 1660 g/mol. The van der Waals surface area contributed by atoms with Gasteiger partial charge in [-0.1, -0.05) is 62.2 Å². The van der Waals surface area contributed by atoms with E-state index in [-0.39, 0.29) is 52.1 Å². The number of aromatic hydroxyl groups is 3. The van der Waals surface area contributed by atoms with Gasteiger partial charge in [0, 0.05) is 79.5 Å². The number of phenolic OH excluding ortho intramolecular Hbond substituents is 3. The molecule has 40 heteroatoms. The molecule has 14 rings (SSSR count). The predicted molar refractivity (Wildman–Crippen MR) is 440 cm³/mol. The zero-order valence-corrected chi connectivity index (χ0v) is 70.3. The van der Waals surface area contributed by atoms with Crippen LogP contribution in [-0.4, -0.2) is 253 Å². The number of rotatable bonds is 22. The number of likely N-dealkylation sites (N-methyl/N-ethyl adjacent to an activating group) is 1. The maximum Gasteiger partial charge on any atom is 0.330 e. The molecule has 8 heterocycles. The van der Waals surface area contributed by atoms with Gasteiger partial charge >= 0.3 is 5.97 Å². The summed E-state index contributed by atoms with van der Waals surface area (Å²) in [6.07, 6.45) is -17.9. The average molecular weight is 1770 g/mol. The van der Waals surface area contributed by atoms with Crippen LogP contribution in [0.15, 0.2) is 91.0 Å². The summed E-state index contributed by atoms with van der Waals surface area (Å²) in [6, 6.07) is 2.88. The van der Waals surface area contributed by atoms with Crippen LogP contribution in [0.4, 0.5) is 0 Å². The minimum atomic E-state index is -2.37. The molecule has 3 fully saturated rings. The molecule has 8 aliphatic heterocycles. The summed E-state index contributed by atoms with van der Waals surface area (Å²) in [4.78, 5) is 134. The van der Waals surface area contributed by atoms with Crippen LogP contribution in [0.1, 0.15) is 140 Å². The Morgan fingerprint density at radius 1 is 0.702 bits per heavy atom. The van der Waals surface area contributed by atoms with Crippen LogP contribution in [0.5, 0.6) is 51.7 Å². The quantitative estimate of drug-likeness (QED) is 0.0463. The Hall–Kier alpha value is -10.8. The van der Waals surface area contributed by atoms with E-state index in [1.54, 1.807) is 26.0 Å². The first-order valence-corrected chi connectivity index (χ1v) is 41.1. The third-order valence-electron chi connectivity index (χ3n) is 22.5. The lowest BCUT2D eigenvalue weighted by atomic mass is 9.85. The van der Waals surface area contributed by atoms with Gasteiger partial charge in [-0.25, -0.2) is 9.80 Å². The molecule has 0 aromatic heterocycles. The molecule has 0 radical (unpaired) electrons. The third-order valence-corrected chi connectivity index (χ3v) is 23.1. The van der Waals surface area contributed by atoms with E-state index in [0.717, 1.165) is 90.0 Å². The summed E-state index contributed by atoms with van der Waals surface area (Å²) < 4.78 is 45.5. The number of phenols is 3. The molecule has 8 aliphatic rings. The number of aliphatic carboxylic acids is 1. The highest BCUT2D eigenvalue weighted by Gasteiger charge is 2.52. The highest BCUT2D eigenvalue weighted by molar-refractivity contribution is 6.32. The van der Waals surface area contributed by atoms with Gasteiger partial charge in [-0.15, -0.1) is 0 Å². The number of hydrazine groups is 1. The largest absolute Gasteiger partial charge is 0.508 e. The molecule has 11 bridgehead atoms. The number of halogens is 2. The van der Waals surface area contributed by atoms with Crippen LogP contribution < -0.4 is 72.6 Å². The van der Waals surface area contributed by atoms with E-state index in [1.165, 1.54) is 19.2 Å². The van der Waals surface area contributed by atoms with Crippen LogP contribution in [0.3, 0.4) is 0 Å². The number of nitrogens with zero attached hydrogens (tertiary/aromatic N) is 2. The number of nitrogens with two attached hydrogens (primary N) is 1. The van der Waals surface area contributed by atoms with Gasteiger partial charge in [0.15, 0.2) is 29.9 Å². The summed E-state index contributed by atoms with van der Waals surface area (Å²) in [5.41, 5.74) is 6.88. The number of aryl methyl sites for hydroxylation is 2. The molecule has 124 heavy (non-hydrogen) atoms. The van der Waals surface area contributed by atoms with Crippen LogP contribution in [-0.2, 0) is 52.6 Å². The van der Waals surface area contributed by atoms with Gasteiger partial charge < -0.3 is 132 Å². The van der Waals surface area contributed by atoms with Crippen LogP contribution in [0, 0.1) is 19.8 Å². The van der Waals surface area contributed by atoms with E-state index >= 15 is 14.4 Å². The van der Waals surface area contributed by atoms with Gasteiger partial charge in [0.25, 0.3) is 5.91 Å². The number of carbonyl (C=O) groups excluding carboxylic acids is 8. The molecule has 0 saturated carbocycles. The smallest absolute Gasteiger partial charge is 0.330 e. The van der Waals surface area contributed by atoms with Crippen molar-refractivity contribution >= 4 is 76.4 Å². The topological polar surface area (TPSA) is 561 Å². The van der Waals surface area contributed by atoms with Gasteiger partial charge in [0.05, 0.1) is 47.9 Å². The van der Waals surface area contributed by atoms with E-state index in [4.69, 9.17) is 62.1 Å².